The van der Waals surface area contributed by atoms with Crippen LogP contribution in [-0.2, 0) is 4.79 Å². The molecular weight excluding hydrogens is 484 g/mol. The van der Waals surface area contributed by atoms with Gasteiger partial charge in [-0.3, -0.25) is 9.59 Å². The molecule has 2 aromatic rings. The SMILES string of the molecule is CCC(C)NC(=O)C1CSC(c2ccc(OC)c(OC)c2)N1C(=O)c1cc(OC)c(OC)c(OC)c1. The third-order valence-corrected chi connectivity index (χ3v) is 7.47. The maximum absolute atomic E-state index is 14.0. The number of benzene rings is 2. The lowest BCUT2D eigenvalue weighted by molar-refractivity contribution is -0.125. The second-order valence-electron chi connectivity index (χ2n) is 8.26. The summed E-state index contributed by atoms with van der Waals surface area (Å²) in [4.78, 5) is 28.9. The van der Waals surface area contributed by atoms with Crippen LogP contribution in [0.1, 0.15) is 41.6 Å². The second-order valence-corrected chi connectivity index (χ2v) is 9.37. The Balaban J connectivity index is 2.09. The zero-order valence-electron chi connectivity index (χ0n) is 21.7. The van der Waals surface area contributed by atoms with Gasteiger partial charge in [-0.2, -0.15) is 0 Å². The third kappa shape index (κ3) is 5.43. The number of methoxy groups -OCH3 is 5. The number of rotatable bonds is 10. The van der Waals surface area contributed by atoms with E-state index in [1.54, 1.807) is 37.3 Å². The molecule has 2 aromatic carbocycles. The summed E-state index contributed by atoms with van der Waals surface area (Å²) in [6.07, 6.45) is 0.783. The molecule has 3 atom stereocenters. The van der Waals surface area contributed by atoms with Crippen molar-refractivity contribution in [3.05, 3.63) is 41.5 Å². The van der Waals surface area contributed by atoms with Crippen LogP contribution in [0.15, 0.2) is 30.3 Å². The van der Waals surface area contributed by atoms with Crippen molar-refractivity contribution < 1.29 is 33.3 Å². The van der Waals surface area contributed by atoms with Gasteiger partial charge in [0.2, 0.25) is 11.7 Å². The summed E-state index contributed by atoms with van der Waals surface area (Å²) in [6, 6.07) is 8.02. The fourth-order valence-corrected chi connectivity index (χ4v) is 5.43. The highest BCUT2D eigenvalue weighted by Crippen LogP contribution is 2.46. The molecule has 0 bridgehead atoms. The van der Waals surface area contributed by atoms with E-state index in [1.807, 2.05) is 26.0 Å². The van der Waals surface area contributed by atoms with E-state index in [2.05, 4.69) is 5.32 Å². The van der Waals surface area contributed by atoms with Crippen LogP contribution in [0.2, 0.25) is 0 Å². The zero-order chi connectivity index (χ0) is 26.4. The van der Waals surface area contributed by atoms with Gasteiger partial charge in [-0.15, -0.1) is 11.8 Å². The molecule has 3 rings (SSSR count). The van der Waals surface area contributed by atoms with Crippen LogP contribution in [0.25, 0.3) is 0 Å². The van der Waals surface area contributed by atoms with Gasteiger partial charge in [0.15, 0.2) is 23.0 Å². The number of thioether (sulfide) groups is 1. The van der Waals surface area contributed by atoms with Crippen molar-refractivity contribution in [1.29, 1.82) is 0 Å². The Labute approximate surface area is 216 Å². The molecule has 3 unspecified atom stereocenters. The molecule has 0 aliphatic carbocycles. The smallest absolute Gasteiger partial charge is 0.256 e. The fraction of sp³-hybridized carbons (Fsp3) is 0.462. The maximum Gasteiger partial charge on any atom is 0.256 e. The summed E-state index contributed by atoms with van der Waals surface area (Å²) >= 11 is 1.52. The number of carbonyl (C=O) groups is 2. The molecular formula is C26H34N2O7S. The molecule has 1 saturated heterocycles. The highest BCUT2D eigenvalue weighted by molar-refractivity contribution is 7.99. The van der Waals surface area contributed by atoms with Crippen LogP contribution in [0.5, 0.6) is 28.7 Å². The lowest BCUT2D eigenvalue weighted by Gasteiger charge is -2.30. The number of ether oxygens (including phenoxy) is 5. The van der Waals surface area contributed by atoms with Crippen LogP contribution in [0.4, 0.5) is 0 Å². The second kappa shape index (κ2) is 12.1. The molecule has 1 fully saturated rings. The van der Waals surface area contributed by atoms with Crippen LogP contribution in [0, 0.1) is 0 Å². The van der Waals surface area contributed by atoms with Crippen molar-refractivity contribution in [2.45, 2.75) is 37.7 Å². The van der Waals surface area contributed by atoms with Gasteiger partial charge in [0.25, 0.3) is 5.91 Å². The van der Waals surface area contributed by atoms with E-state index >= 15 is 0 Å². The van der Waals surface area contributed by atoms with Gasteiger partial charge in [0.05, 0.1) is 35.5 Å². The molecule has 1 N–H and O–H groups in total. The number of hydrogen-bond acceptors (Lipinski definition) is 8. The normalized spacial score (nSPS) is 17.8. The van der Waals surface area contributed by atoms with E-state index < -0.39 is 11.4 Å². The van der Waals surface area contributed by atoms with Crippen molar-refractivity contribution >= 4 is 23.6 Å². The Morgan fingerprint density at radius 3 is 2.08 bits per heavy atom. The fourth-order valence-electron chi connectivity index (χ4n) is 4.01. The molecule has 10 heteroatoms. The highest BCUT2D eigenvalue weighted by Gasteiger charge is 2.43. The molecule has 0 radical (unpaired) electrons. The number of amides is 2. The third-order valence-electron chi connectivity index (χ3n) is 6.14. The first-order valence-electron chi connectivity index (χ1n) is 11.6. The predicted molar refractivity (Wildman–Crippen MR) is 139 cm³/mol. The molecule has 1 heterocycles. The zero-order valence-corrected chi connectivity index (χ0v) is 22.6. The van der Waals surface area contributed by atoms with E-state index in [9.17, 15) is 9.59 Å². The van der Waals surface area contributed by atoms with Crippen LogP contribution >= 0.6 is 11.8 Å². The van der Waals surface area contributed by atoms with Crippen LogP contribution in [0.3, 0.4) is 0 Å². The molecule has 36 heavy (non-hydrogen) atoms. The molecule has 2 amide bonds. The Kier molecular flexibility index (Phi) is 9.19. The summed E-state index contributed by atoms with van der Waals surface area (Å²) in [5, 5.41) is 2.60. The topological polar surface area (TPSA) is 95.6 Å². The van der Waals surface area contributed by atoms with Crippen LogP contribution < -0.4 is 29.0 Å². The Hall–Kier alpha value is -3.27. The number of nitrogens with one attached hydrogen (secondary N) is 1. The highest BCUT2D eigenvalue weighted by atomic mass is 32.2. The van der Waals surface area contributed by atoms with Crippen molar-refractivity contribution in [3.63, 3.8) is 0 Å². The monoisotopic (exact) mass is 518 g/mol. The van der Waals surface area contributed by atoms with Crippen molar-refractivity contribution in [1.82, 2.24) is 10.2 Å². The van der Waals surface area contributed by atoms with Gasteiger partial charge < -0.3 is 33.9 Å². The first-order chi connectivity index (χ1) is 17.3. The minimum Gasteiger partial charge on any atom is -0.493 e. The van der Waals surface area contributed by atoms with E-state index in [0.29, 0.717) is 40.1 Å². The van der Waals surface area contributed by atoms with Gasteiger partial charge in [-0.1, -0.05) is 13.0 Å². The molecule has 196 valence electrons. The van der Waals surface area contributed by atoms with Crippen molar-refractivity contribution in [3.8, 4) is 28.7 Å². The molecule has 0 aromatic heterocycles. The molecule has 1 aliphatic rings. The summed E-state index contributed by atoms with van der Waals surface area (Å²) in [5.74, 6) is 2.14. The van der Waals surface area contributed by atoms with Gasteiger partial charge in [-0.25, -0.2) is 0 Å². The van der Waals surface area contributed by atoms with Gasteiger partial charge in [-0.05, 0) is 43.2 Å². The predicted octanol–water partition coefficient (Wildman–Crippen LogP) is 3.90. The number of hydrogen-bond donors (Lipinski definition) is 1. The Morgan fingerprint density at radius 1 is 0.944 bits per heavy atom. The maximum atomic E-state index is 14.0. The Morgan fingerprint density at radius 2 is 1.56 bits per heavy atom. The van der Waals surface area contributed by atoms with Crippen molar-refractivity contribution in [2.24, 2.45) is 0 Å². The van der Waals surface area contributed by atoms with Crippen LogP contribution in [-0.4, -0.2) is 70.1 Å². The average Bonchev–Trinajstić information content (AvgIpc) is 3.36. The van der Waals surface area contributed by atoms with E-state index in [1.165, 1.54) is 33.1 Å². The minimum absolute atomic E-state index is 0.0132. The average molecular weight is 519 g/mol. The summed E-state index contributed by atoms with van der Waals surface area (Å²) < 4.78 is 27.2. The summed E-state index contributed by atoms with van der Waals surface area (Å²) in [6.45, 7) is 3.94. The van der Waals surface area contributed by atoms with E-state index in [-0.39, 0.29) is 17.9 Å². The largest absolute Gasteiger partial charge is 0.493 e. The first kappa shape index (κ1) is 27.3. The molecule has 0 saturated carbocycles. The number of carbonyl (C=O) groups excluding carboxylic acids is 2. The lowest BCUT2D eigenvalue weighted by Crippen LogP contribution is -2.49. The first-order valence-corrected chi connectivity index (χ1v) is 12.6. The summed E-state index contributed by atoms with van der Waals surface area (Å²) in [5.41, 5.74) is 1.14. The van der Waals surface area contributed by atoms with Crippen molar-refractivity contribution in [2.75, 3.05) is 41.3 Å². The quantitative estimate of drug-likeness (QED) is 0.506. The van der Waals surface area contributed by atoms with E-state index in [4.69, 9.17) is 23.7 Å². The molecule has 0 spiro atoms. The molecule has 1 aliphatic heterocycles. The Bertz CT molecular complexity index is 1070. The number of nitrogens with zero attached hydrogens (tertiary/aromatic N) is 1. The molecule has 9 nitrogen and oxygen atoms in total. The standard InChI is InChI=1S/C26H34N2O7S/c1-8-15(2)27-24(29)18-14-36-26(16-9-10-19(31-3)20(11-16)32-4)28(18)25(30)17-12-21(33-5)23(35-7)22(13-17)34-6/h9-13,15,18,26H,8,14H2,1-7H3,(H,27,29). The van der Waals surface area contributed by atoms with Gasteiger partial charge >= 0.3 is 0 Å². The summed E-state index contributed by atoms with van der Waals surface area (Å²) in [7, 11) is 7.61. The van der Waals surface area contributed by atoms with Gasteiger partial charge in [0.1, 0.15) is 11.4 Å². The van der Waals surface area contributed by atoms with Gasteiger partial charge in [0, 0.05) is 17.4 Å². The lowest BCUT2D eigenvalue weighted by atomic mass is 10.1. The minimum atomic E-state index is -0.673. The van der Waals surface area contributed by atoms with E-state index in [0.717, 1.165) is 12.0 Å².